The lowest BCUT2D eigenvalue weighted by molar-refractivity contribution is 0.371. The van der Waals surface area contributed by atoms with Crippen LogP contribution in [0.1, 0.15) is 0 Å². The smallest absolute Gasteiger partial charge is 0.200 e. The van der Waals surface area contributed by atoms with Crippen LogP contribution >= 0.6 is 0 Å². The summed E-state index contributed by atoms with van der Waals surface area (Å²) in [4.78, 5) is 0. The van der Waals surface area contributed by atoms with Crippen molar-refractivity contribution in [3.63, 3.8) is 0 Å². The van der Waals surface area contributed by atoms with Gasteiger partial charge < -0.3 is 0 Å². The molecule has 123 valence electrons. The summed E-state index contributed by atoms with van der Waals surface area (Å²) in [6.45, 7) is 0. The lowest BCUT2D eigenvalue weighted by Gasteiger charge is -2.11. The van der Waals surface area contributed by atoms with Crippen molar-refractivity contribution >= 4 is 11.4 Å². The van der Waals surface area contributed by atoms with E-state index in [-0.39, 0.29) is 0 Å². The maximum Gasteiger partial charge on any atom is 0.200 e. The number of hydrogen-bond donors (Lipinski definition) is 0. The minimum absolute atomic E-state index is 2.11. The van der Waals surface area contributed by atoms with Gasteiger partial charge >= 0.3 is 0 Å². The number of benzene rings is 2. The van der Waals surface area contributed by atoms with E-state index in [1.165, 1.54) is 0 Å². The van der Waals surface area contributed by atoms with Crippen molar-refractivity contribution in [2.45, 2.75) is 0 Å². The molecule has 0 spiro atoms. The molecule has 23 heavy (non-hydrogen) atoms. The Bertz CT molecular complexity index is 691. The summed E-state index contributed by atoms with van der Waals surface area (Å²) in [7, 11) is 0. The van der Waals surface area contributed by atoms with E-state index in [0.29, 0.717) is 0 Å². The second kappa shape index (κ2) is 5.63. The molecule has 0 amide bonds. The zero-order chi connectivity index (χ0) is 17.6. The Morgan fingerprint density at radius 3 is 0.696 bits per heavy atom. The van der Waals surface area contributed by atoms with Gasteiger partial charge in [0.1, 0.15) is 11.4 Å². The van der Waals surface area contributed by atoms with Gasteiger partial charge in [0.05, 0.1) is 0 Å². The molecule has 0 saturated heterocycles. The van der Waals surface area contributed by atoms with E-state index in [4.69, 9.17) is 0 Å². The van der Waals surface area contributed by atoms with Gasteiger partial charge in [0.25, 0.3) is 0 Å². The average molecular weight is 348 g/mol. The summed E-state index contributed by atoms with van der Waals surface area (Å²) in [6, 6.07) is 0. The Kier molecular flexibility index (Phi) is 4.14. The molecule has 2 rings (SSSR count). The molecule has 0 aliphatic heterocycles. The highest BCUT2D eigenvalue weighted by atomic mass is 19.2. The molecule has 0 aliphatic carbocycles. The predicted molar refractivity (Wildman–Crippen MR) is 53.9 cm³/mol. The summed E-state index contributed by atoms with van der Waals surface area (Å²) in [5.41, 5.74) is -4.21. The molecular formula is C12F10N. The molecule has 2 aromatic carbocycles. The molecule has 0 atom stereocenters. The van der Waals surface area contributed by atoms with Crippen LogP contribution in [0.4, 0.5) is 55.3 Å². The van der Waals surface area contributed by atoms with Crippen molar-refractivity contribution in [2.75, 3.05) is 0 Å². The summed E-state index contributed by atoms with van der Waals surface area (Å²) in [5, 5.41) is 2.37. The summed E-state index contributed by atoms with van der Waals surface area (Å²) >= 11 is 0. The number of rotatable bonds is 2. The molecule has 0 saturated carbocycles. The fourth-order valence-electron chi connectivity index (χ4n) is 1.49. The van der Waals surface area contributed by atoms with Gasteiger partial charge in [0.2, 0.25) is 11.6 Å². The van der Waals surface area contributed by atoms with Crippen molar-refractivity contribution in [1.29, 1.82) is 0 Å². The van der Waals surface area contributed by atoms with Crippen LogP contribution in [0.5, 0.6) is 0 Å². The zero-order valence-corrected chi connectivity index (χ0v) is 10.2. The van der Waals surface area contributed by atoms with E-state index >= 15 is 0 Å². The first-order valence-corrected chi connectivity index (χ1v) is 5.34. The first kappa shape index (κ1) is 16.9. The Morgan fingerprint density at radius 1 is 0.304 bits per heavy atom. The second-order valence-corrected chi connectivity index (χ2v) is 3.95. The number of halogens is 10. The largest absolute Gasteiger partial charge is 0.236 e. The van der Waals surface area contributed by atoms with E-state index in [9.17, 15) is 43.9 Å². The van der Waals surface area contributed by atoms with Crippen LogP contribution in [0.2, 0.25) is 0 Å². The minimum Gasteiger partial charge on any atom is -0.236 e. The topological polar surface area (TPSA) is 14.1 Å². The van der Waals surface area contributed by atoms with Crippen molar-refractivity contribution in [3.05, 3.63) is 58.2 Å². The molecule has 0 aliphatic rings. The summed E-state index contributed by atoms with van der Waals surface area (Å²) in [5.74, 6) is -25.6. The lowest BCUT2D eigenvalue weighted by atomic mass is 10.2. The SMILES string of the molecule is Fc1c(F)c(F)c([N]c2c(F)c(F)c(F)c(F)c2F)c(F)c1F. The van der Waals surface area contributed by atoms with Crippen LogP contribution in [0, 0.1) is 58.2 Å². The Balaban J connectivity index is 2.71. The van der Waals surface area contributed by atoms with Gasteiger partial charge in [-0.05, 0) is 0 Å². The van der Waals surface area contributed by atoms with E-state index < -0.39 is 69.5 Å². The van der Waals surface area contributed by atoms with E-state index in [0.717, 1.165) is 0 Å². The van der Waals surface area contributed by atoms with Crippen LogP contribution in [-0.2, 0) is 0 Å². The highest BCUT2D eigenvalue weighted by Gasteiger charge is 2.31. The molecule has 1 nitrogen and oxygen atoms in total. The molecule has 1 radical (unpaired) electrons. The third kappa shape index (κ3) is 2.45. The lowest BCUT2D eigenvalue weighted by Crippen LogP contribution is -2.11. The van der Waals surface area contributed by atoms with Gasteiger partial charge in [0, 0.05) is 0 Å². The van der Waals surface area contributed by atoms with E-state index in [1.54, 1.807) is 0 Å². The third-order valence-electron chi connectivity index (χ3n) is 2.60. The molecule has 0 bridgehead atoms. The molecule has 0 aromatic heterocycles. The van der Waals surface area contributed by atoms with Gasteiger partial charge in [-0.25, -0.2) is 49.2 Å². The van der Waals surface area contributed by atoms with Gasteiger partial charge in [-0.1, -0.05) is 0 Å². The molecule has 0 N–H and O–H groups in total. The van der Waals surface area contributed by atoms with Crippen LogP contribution in [0.3, 0.4) is 0 Å². The van der Waals surface area contributed by atoms with Gasteiger partial charge in [-0.2, -0.15) is 0 Å². The normalized spacial score (nSPS) is 11.0. The standard InChI is InChI=1S/C12F10N/c13-1-3(15)7(19)11(8(20)4(1)16)23-12-9(21)5(17)2(14)6(18)10(12)22. The Labute approximate surface area is 120 Å². The minimum atomic E-state index is -2.59. The van der Waals surface area contributed by atoms with Gasteiger partial charge in [-0.15, -0.1) is 0 Å². The quantitative estimate of drug-likeness (QED) is 0.426. The van der Waals surface area contributed by atoms with E-state index in [1.807, 2.05) is 0 Å². The summed E-state index contributed by atoms with van der Waals surface area (Å²) < 4.78 is 130. The molecule has 0 heterocycles. The van der Waals surface area contributed by atoms with Crippen LogP contribution in [-0.4, -0.2) is 0 Å². The fraction of sp³-hybridized carbons (Fsp3) is 0. The maximum atomic E-state index is 13.3. The Morgan fingerprint density at radius 2 is 0.478 bits per heavy atom. The van der Waals surface area contributed by atoms with E-state index in [2.05, 4.69) is 5.32 Å². The maximum absolute atomic E-state index is 13.3. The van der Waals surface area contributed by atoms with Crippen molar-refractivity contribution < 1.29 is 43.9 Å². The van der Waals surface area contributed by atoms with Gasteiger partial charge in [0.15, 0.2) is 46.5 Å². The monoisotopic (exact) mass is 348 g/mol. The van der Waals surface area contributed by atoms with Crippen molar-refractivity contribution in [3.8, 4) is 0 Å². The zero-order valence-electron chi connectivity index (χ0n) is 10.2. The summed E-state index contributed by atoms with van der Waals surface area (Å²) in [6.07, 6.45) is 0. The highest BCUT2D eigenvalue weighted by molar-refractivity contribution is 5.53. The average Bonchev–Trinajstić information content (AvgIpc) is 2.54. The molecule has 0 fully saturated rings. The molecule has 11 heteroatoms. The first-order valence-electron chi connectivity index (χ1n) is 5.34. The van der Waals surface area contributed by atoms with Gasteiger partial charge in [-0.3, -0.25) is 0 Å². The third-order valence-corrected chi connectivity index (χ3v) is 2.60. The van der Waals surface area contributed by atoms with Crippen LogP contribution in [0.15, 0.2) is 0 Å². The molecular weight excluding hydrogens is 348 g/mol. The first-order chi connectivity index (χ1) is 10.6. The second-order valence-electron chi connectivity index (χ2n) is 3.95. The van der Waals surface area contributed by atoms with Crippen LogP contribution in [0.25, 0.3) is 0 Å². The highest BCUT2D eigenvalue weighted by Crippen LogP contribution is 2.34. The van der Waals surface area contributed by atoms with Crippen LogP contribution < -0.4 is 5.32 Å². The van der Waals surface area contributed by atoms with Crippen molar-refractivity contribution in [1.82, 2.24) is 5.32 Å². The van der Waals surface area contributed by atoms with Crippen molar-refractivity contribution in [2.24, 2.45) is 0 Å². The number of hydrogen-bond acceptors (Lipinski definition) is 0. The predicted octanol–water partition coefficient (Wildman–Crippen LogP) is 4.65. The molecule has 2 aromatic rings. The molecule has 0 unspecified atom stereocenters. The number of nitrogens with zero attached hydrogens (tertiary/aromatic N) is 1. The Hall–Kier alpha value is -2.46. The fourth-order valence-corrected chi connectivity index (χ4v) is 1.49.